The predicted octanol–water partition coefficient (Wildman–Crippen LogP) is 1.44. The maximum atomic E-state index is 10.4. The molecule has 1 unspecified atom stereocenters. The number of aliphatic hydroxyl groups excluding tert-OH is 1. The minimum absolute atomic E-state index is 0.296. The van der Waals surface area contributed by atoms with Crippen molar-refractivity contribution in [2.45, 2.75) is 25.9 Å². The Morgan fingerprint density at radius 2 is 2.00 bits per heavy atom. The molecule has 0 radical (unpaired) electrons. The number of aliphatic hydroxyl groups is 1. The molecule has 21 heavy (non-hydrogen) atoms. The van der Waals surface area contributed by atoms with Crippen LogP contribution in [0.3, 0.4) is 0 Å². The van der Waals surface area contributed by atoms with Crippen molar-refractivity contribution in [2.24, 2.45) is 0 Å². The van der Waals surface area contributed by atoms with Crippen molar-refractivity contribution < 1.29 is 9.84 Å². The summed E-state index contributed by atoms with van der Waals surface area (Å²) in [5.41, 5.74) is 4.07. The lowest BCUT2D eigenvalue weighted by Gasteiger charge is -2.35. The molecule has 2 aliphatic rings. The van der Waals surface area contributed by atoms with Gasteiger partial charge in [-0.2, -0.15) is 0 Å². The molecule has 1 aromatic carbocycles. The average Bonchev–Trinajstić information content (AvgIpc) is 2.48. The van der Waals surface area contributed by atoms with Crippen LogP contribution >= 0.6 is 0 Å². The molecule has 0 saturated carbocycles. The van der Waals surface area contributed by atoms with Crippen molar-refractivity contribution in [1.82, 2.24) is 4.90 Å². The molecule has 0 spiro atoms. The van der Waals surface area contributed by atoms with Crippen LogP contribution in [0.4, 0.5) is 5.69 Å². The summed E-state index contributed by atoms with van der Waals surface area (Å²) >= 11 is 0. The van der Waals surface area contributed by atoms with Gasteiger partial charge in [-0.1, -0.05) is 17.7 Å². The fourth-order valence-corrected chi connectivity index (χ4v) is 3.39. The number of benzene rings is 1. The lowest BCUT2D eigenvalue weighted by molar-refractivity contribution is 0.0160. The molecule has 1 aromatic rings. The van der Waals surface area contributed by atoms with Crippen LogP contribution in [0, 0.1) is 6.92 Å². The van der Waals surface area contributed by atoms with Gasteiger partial charge in [0.15, 0.2) is 0 Å². The highest BCUT2D eigenvalue weighted by molar-refractivity contribution is 5.56. The smallest absolute Gasteiger partial charge is 0.0841 e. The standard InChI is InChI=1S/C17H26N2O2/c1-14-4-5-17-15(11-14)3-2-6-19(17)13-16(20)12-18-7-9-21-10-8-18/h4-5,11,16,20H,2-3,6-10,12-13H2,1H3. The van der Waals surface area contributed by atoms with Gasteiger partial charge in [0.1, 0.15) is 0 Å². The third-order valence-corrected chi connectivity index (χ3v) is 4.45. The van der Waals surface area contributed by atoms with E-state index in [1.807, 2.05) is 0 Å². The monoisotopic (exact) mass is 290 g/mol. The Labute approximate surface area is 127 Å². The van der Waals surface area contributed by atoms with Crippen LogP contribution < -0.4 is 4.90 Å². The number of hydrogen-bond acceptors (Lipinski definition) is 4. The van der Waals surface area contributed by atoms with Crippen LogP contribution in [0.5, 0.6) is 0 Å². The van der Waals surface area contributed by atoms with Crippen molar-refractivity contribution in [3.63, 3.8) is 0 Å². The molecular weight excluding hydrogens is 264 g/mol. The van der Waals surface area contributed by atoms with E-state index in [-0.39, 0.29) is 6.10 Å². The highest BCUT2D eigenvalue weighted by Gasteiger charge is 2.21. The first-order chi connectivity index (χ1) is 10.2. The van der Waals surface area contributed by atoms with Gasteiger partial charge in [-0.05, 0) is 31.4 Å². The molecule has 0 aromatic heterocycles. The normalized spacial score (nSPS) is 21.1. The molecule has 116 valence electrons. The Hall–Kier alpha value is -1.10. The van der Waals surface area contributed by atoms with E-state index >= 15 is 0 Å². The summed E-state index contributed by atoms with van der Waals surface area (Å²) in [6.07, 6.45) is 2.05. The van der Waals surface area contributed by atoms with Crippen molar-refractivity contribution in [3.05, 3.63) is 29.3 Å². The number of aryl methyl sites for hydroxylation is 2. The lowest BCUT2D eigenvalue weighted by atomic mass is 9.99. The maximum Gasteiger partial charge on any atom is 0.0841 e. The van der Waals surface area contributed by atoms with Gasteiger partial charge < -0.3 is 14.7 Å². The first-order valence-electron chi connectivity index (χ1n) is 8.05. The van der Waals surface area contributed by atoms with Gasteiger partial charge in [-0.15, -0.1) is 0 Å². The Morgan fingerprint density at radius 1 is 1.19 bits per heavy atom. The quantitative estimate of drug-likeness (QED) is 0.910. The van der Waals surface area contributed by atoms with E-state index in [0.717, 1.165) is 52.4 Å². The number of β-amino-alcohol motifs (C(OH)–C–C–N with tert-alkyl or cyclic N) is 1. The highest BCUT2D eigenvalue weighted by atomic mass is 16.5. The maximum absolute atomic E-state index is 10.4. The van der Waals surface area contributed by atoms with Crippen molar-refractivity contribution >= 4 is 5.69 Å². The summed E-state index contributed by atoms with van der Waals surface area (Å²) < 4.78 is 5.36. The summed E-state index contributed by atoms with van der Waals surface area (Å²) in [5, 5.41) is 10.4. The zero-order valence-electron chi connectivity index (χ0n) is 12.9. The second-order valence-corrected chi connectivity index (χ2v) is 6.25. The predicted molar refractivity (Wildman–Crippen MR) is 85.0 cm³/mol. The van der Waals surface area contributed by atoms with Crippen LogP contribution in [-0.4, -0.2) is 62.0 Å². The Balaban J connectivity index is 1.60. The molecule has 3 rings (SSSR count). The summed E-state index contributed by atoms with van der Waals surface area (Å²) in [6, 6.07) is 6.67. The first-order valence-corrected chi connectivity index (χ1v) is 8.05. The molecule has 2 heterocycles. The second kappa shape index (κ2) is 6.77. The Kier molecular flexibility index (Phi) is 4.78. The molecule has 1 fully saturated rings. The van der Waals surface area contributed by atoms with Crippen LogP contribution in [0.25, 0.3) is 0 Å². The van der Waals surface area contributed by atoms with E-state index in [2.05, 4.69) is 34.9 Å². The molecule has 0 bridgehead atoms. The fraction of sp³-hybridized carbons (Fsp3) is 0.647. The molecule has 0 aliphatic carbocycles. The van der Waals surface area contributed by atoms with Gasteiger partial charge in [0.2, 0.25) is 0 Å². The molecule has 4 nitrogen and oxygen atoms in total. The van der Waals surface area contributed by atoms with Crippen molar-refractivity contribution in [3.8, 4) is 0 Å². The molecule has 2 aliphatic heterocycles. The molecule has 1 atom stereocenters. The molecule has 1 N–H and O–H groups in total. The molecule has 1 saturated heterocycles. The lowest BCUT2D eigenvalue weighted by Crippen LogP contribution is -2.45. The number of anilines is 1. The van der Waals surface area contributed by atoms with Gasteiger partial charge in [0.25, 0.3) is 0 Å². The topological polar surface area (TPSA) is 35.9 Å². The molecular formula is C17H26N2O2. The summed E-state index contributed by atoms with van der Waals surface area (Å²) in [7, 11) is 0. The van der Waals surface area contributed by atoms with E-state index < -0.39 is 0 Å². The minimum Gasteiger partial charge on any atom is -0.390 e. The number of morpholine rings is 1. The number of fused-ring (bicyclic) bond motifs is 1. The van der Waals surface area contributed by atoms with E-state index in [4.69, 9.17) is 4.74 Å². The summed E-state index contributed by atoms with van der Waals surface area (Å²) in [5.74, 6) is 0. The van der Waals surface area contributed by atoms with Gasteiger partial charge in [-0.25, -0.2) is 0 Å². The number of ether oxygens (including phenoxy) is 1. The number of hydrogen-bond donors (Lipinski definition) is 1. The van der Waals surface area contributed by atoms with Gasteiger partial charge in [-0.3, -0.25) is 4.90 Å². The zero-order chi connectivity index (χ0) is 14.7. The van der Waals surface area contributed by atoms with Gasteiger partial charge >= 0.3 is 0 Å². The largest absolute Gasteiger partial charge is 0.390 e. The summed E-state index contributed by atoms with van der Waals surface area (Å²) in [6.45, 7) is 8.13. The van der Waals surface area contributed by atoms with E-state index in [0.29, 0.717) is 0 Å². The highest BCUT2D eigenvalue weighted by Crippen LogP contribution is 2.28. The number of rotatable bonds is 4. The van der Waals surface area contributed by atoms with Crippen molar-refractivity contribution in [2.75, 3.05) is 50.8 Å². The van der Waals surface area contributed by atoms with Gasteiger partial charge in [0, 0.05) is 38.4 Å². The van der Waals surface area contributed by atoms with E-state index in [9.17, 15) is 5.11 Å². The van der Waals surface area contributed by atoms with Crippen LogP contribution in [0.2, 0.25) is 0 Å². The molecule has 0 amide bonds. The zero-order valence-corrected chi connectivity index (χ0v) is 12.9. The van der Waals surface area contributed by atoms with Crippen LogP contribution in [0.1, 0.15) is 17.5 Å². The van der Waals surface area contributed by atoms with E-state index in [1.54, 1.807) is 0 Å². The third kappa shape index (κ3) is 3.76. The van der Waals surface area contributed by atoms with E-state index in [1.165, 1.54) is 23.2 Å². The summed E-state index contributed by atoms with van der Waals surface area (Å²) in [4.78, 5) is 4.65. The SMILES string of the molecule is Cc1ccc2c(c1)CCCN2CC(O)CN1CCOCC1. The van der Waals surface area contributed by atoms with Crippen LogP contribution in [0.15, 0.2) is 18.2 Å². The third-order valence-electron chi connectivity index (χ3n) is 4.45. The minimum atomic E-state index is -0.296. The number of nitrogens with zero attached hydrogens (tertiary/aromatic N) is 2. The second-order valence-electron chi connectivity index (χ2n) is 6.25. The fourth-order valence-electron chi connectivity index (χ4n) is 3.39. The van der Waals surface area contributed by atoms with Crippen molar-refractivity contribution in [1.29, 1.82) is 0 Å². The average molecular weight is 290 g/mol. The Bertz CT molecular complexity index is 472. The van der Waals surface area contributed by atoms with Crippen LogP contribution in [-0.2, 0) is 11.2 Å². The Morgan fingerprint density at radius 3 is 2.81 bits per heavy atom. The first kappa shape index (κ1) is 14.8. The molecule has 4 heteroatoms. The van der Waals surface area contributed by atoms with Gasteiger partial charge in [0.05, 0.1) is 19.3 Å².